The molecule has 1 aromatic heterocycles. The van der Waals surface area contributed by atoms with Crippen LogP contribution in [0.15, 0.2) is 60.8 Å². The summed E-state index contributed by atoms with van der Waals surface area (Å²) in [5.41, 5.74) is 2.75. The second-order valence-electron chi connectivity index (χ2n) is 7.57. The highest BCUT2D eigenvalue weighted by Crippen LogP contribution is 2.21. The molecule has 2 aromatic carbocycles. The van der Waals surface area contributed by atoms with Crippen LogP contribution in [0.25, 0.3) is 0 Å². The number of hydrogen-bond acceptors (Lipinski definition) is 5. The molecule has 1 fully saturated rings. The Bertz CT molecular complexity index is 1060. The number of carbonyl (C=O) groups is 1. The average molecular weight is 415 g/mol. The van der Waals surface area contributed by atoms with Crippen LogP contribution < -0.4 is 4.90 Å². The zero-order valence-electron chi connectivity index (χ0n) is 17.6. The fraction of sp³-hybridized carbons (Fsp3) is 0.292. The second-order valence-corrected chi connectivity index (χ2v) is 7.57. The van der Waals surface area contributed by atoms with Gasteiger partial charge in [-0.15, -0.1) is 0 Å². The molecule has 0 atom stereocenters. The minimum Gasteiger partial charge on any atom is -0.445 e. The van der Waals surface area contributed by atoms with E-state index in [1.807, 2.05) is 67.7 Å². The minimum atomic E-state index is -0.272. The Balaban J connectivity index is 1.35. The maximum atomic E-state index is 12.4. The Hall–Kier alpha value is -3.79. The van der Waals surface area contributed by atoms with Gasteiger partial charge in [0.2, 0.25) is 0 Å². The summed E-state index contributed by atoms with van der Waals surface area (Å²) in [4.78, 5) is 20.9. The van der Waals surface area contributed by atoms with Gasteiger partial charge in [0, 0.05) is 26.2 Å². The molecule has 1 aliphatic heterocycles. The number of aromatic nitrogens is 2. The van der Waals surface area contributed by atoms with E-state index in [2.05, 4.69) is 20.5 Å². The number of hydrogen-bond donors (Lipinski definition) is 0. The van der Waals surface area contributed by atoms with E-state index in [-0.39, 0.29) is 12.7 Å². The van der Waals surface area contributed by atoms with Crippen LogP contribution >= 0.6 is 0 Å². The molecule has 4 rings (SSSR count). The Kier molecular flexibility index (Phi) is 6.18. The van der Waals surface area contributed by atoms with E-state index in [1.165, 1.54) is 0 Å². The summed E-state index contributed by atoms with van der Waals surface area (Å²) in [5, 5.41) is 8.99. The van der Waals surface area contributed by atoms with Crippen LogP contribution in [0.1, 0.15) is 22.5 Å². The fourth-order valence-electron chi connectivity index (χ4n) is 3.70. The van der Waals surface area contributed by atoms with E-state index in [1.54, 1.807) is 4.90 Å². The Labute approximate surface area is 182 Å². The quantitative estimate of drug-likeness (QED) is 0.637. The van der Waals surface area contributed by atoms with Crippen LogP contribution in [-0.4, -0.2) is 46.7 Å². The normalized spacial score (nSPS) is 13.7. The summed E-state index contributed by atoms with van der Waals surface area (Å²) in [6.45, 7) is 5.62. The van der Waals surface area contributed by atoms with Crippen molar-refractivity contribution in [2.75, 3.05) is 31.1 Å². The number of nitriles is 1. The van der Waals surface area contributed by atoms with Crippen LogP contribution in [0.5, 0.6) is 0 Å². The van der Waals surface area contributed by atoms with Crippen molar-refractivity contribution in [3.8, 4) is 6.07 Å². The lowest BCUT2D eigenvalue weighted by Crippen LogP contribution is -2.49. The van der Waals surface area contributed by atoms with Gasteiger partial charge in [0.15, 0.2) is 0 Å². The first-order valence-electron chi connectivity index (χ1n) is 10.4. The van der Waals surface area contributed by atoms with Crippen molar-refractivity contribution in [1.82, 2.24) is 14.5 Å². The first kappa shape index (κ1) is 20.5. The summed E-state index contributed by atoms with van der Waals surface area (Å²) in [7, 11) is 0. The monoisotopic (exact) mass is 415 g/mol. The van der Waals surface area contributed by atoms with Gasteiger partial charge in [0.1, 0.15) is 18.2 Å². The highest BCUT2D eigenvalue weighted by atomic mass is 16.6. The summed E-state index contributed by atoms with van der Waals surface area (Å²) in [5.74, 6) is 1.98. The summed E-state index contributed by atoms with van der Waals surface area (Å²) in [6.07, 6.45) is 1.62. The molecule has 0 aliphatic carbocycles. The Morgan fingerprint density at radius 3 is 2.42 bits per heavy atom. The van der Waals surface area contributed by atoms with Crippen LogP contribution in [-0.2, 0) is 17.9 Å². The maximum absolute atomic E-state index is 12.4. The van der Waals surface area contributed by atoms with E-state index in [0.717, 1.165) is 35.9 Å². The van der Waals surface area contributed by atoms with Crippen molar-refractivity contribution in [2.24, 2.45) is 0 Å². The molecule has 31 heavy (non-hydrogen) atoms. The number of aryl methyl sites for hydroxylation is 1. The smallest absolute Gasteiger partial charge is 0.410 e. The molecule has 1 amide bonds. The van der Waals surface area contributed by atoms with Crippen LogP contribution in [0.4, 0.5) is 10.6 Å². The predicted octanol–water partition coefficient (Wildman–Crippen LogP) is 3.57. The van der Waals surface area contributed by atoms with Crippen molar-refractivity contribution in [3.63, 3.8) is 0 Å². The molecule has 0 saturated carbocycles. The molecule has 7 heteroatoms. The lowest BCUT2D eigenvalue weighted by molar-refractivity contribution is 0.0941. The number of piperazine rings is 1. The Morgan fingerprint density at radius 1 is 1.03 bits per heavy atom. The third-order valence-corrected chi connectivity index (χ3v) is 5.52. The van der Waals surface area contributed by atoms with Gasteiger partial charge in [0.25, 0.3) is 0 Å². The molecule has 0 N–H and O–H groups in total. The topological polar surface area (TPSA) is 74.4 Å². The average Bonchev–Trinajstić information content (AvgIpc) is 3.18. The van der Waals surface area contributed by atoms with Crippen LogP contribution in [0.2, 0.25) is 0 Å². The molecular formula is C24H25N5O2. The van der Waals surface area contributed by atoms with Crippen LogP contribution in [0, 0.1) is 18.3 Å². The van der Waals surface area contributed by atoms with Crippen molar-refractivity contribution >= 4 is 11.9 Å². The van der Waals surface area contributed by atoms with E-state index < -0.39 is 0 Å². The molecule has 1 aliphatic rings. The highest BCUT2D eigenvalue weighted by Gasteiger charge is 2.24. The van der Waals surface area contributed by atoms with E-state index in [9.17, 15) is 4.79 Å². The zero-order valence-corrected chi connectivity index (χ0v) is 17.6. The van der Waals surface area contributed by atoms with Gasteiger partial charge >= 0.3 is 6.09 Å². The SMILES string of the molecule is Cc1ncc(N2CCN(C(=O)OCc3ccccc3)CC2)n1Cc1ccc(C#N)cc1. The summed E-state index contributed by atoms with van der Waals surface area (Å²) >= 11 is 0. The molecule has 0 bridgehead atoms. The van der Waals surface area contributed by atoms with Crippen molar-refractivity contribution in [3.05, 3.63) is 83.3 Å². The van der Waals surface area contributed by atoms with Gasteiger partial charge in [-0.2, -0.15) is 5.26 Å². The maximum Gasteiger partial charge on any atom is 0.410 e. The number of rotatable bonds is 5. The van der Waals surface area contributed by atoms with Crippen LogP contribution in [0.3, 0.4) is 0 Å². The molecule has 0 unspecified atom stereocenters. The third-order valence-electron chi connectivity index (χ3n) is 5.52. The minimum absolute atomic E-state index is 0.272. The number of nitrogens with zero attached hydrogens (tertiary/aromatic N) is 5. The lowest BCUT2D eigenvalue weighted by atomic mass is 10.1. The second kappa shape index (κ2) is 9.35. The van der Waals surface area contributed by atoms with Gasteiger partial charge in [-0.05, 0) is 30.2 Å². The number of anilines is 1. The molecule has 158 valence electrons. The van der Waals surface area contributed by atoms with Gasteiger partial charge < -0.3 is 19.1 Å². The van der Waals surface area contributed by atoms with E-state index in [4.69, 9.17) is 10.00 Å². The molecular weight excluding hydrogens is 390 g/mol. The van der Waals surface area contributed by atoms with E-state index in [0.29, 0.717) is 25.2 Å². The zero-order chi connectivity index (χ0) is 21.6. The molecule has 7 nitrogen and oxygen atoms in total. The number of benzene rings is 2. The van der Waals surface area contributed by atoms with Crippen molar-refractivity contribution in [1.29, 1.82) is 5.26 Å². The Morgan fingerprint density at radius 2 is 1.74 bits per heavy atom. The lowest BCUT2D eigenvalue weighted by Gasteiger charge is -2.35. The van der Waals surface area contributed by atoms with Crippen molar-refractivity contribution < 1.29 is 9.53 Å². The largest absolute Gasteiger partial charge is 0.445 e. The van der Waals surface area contributed by atoms with Gasteiger partial charge in [-0.25, -0.2) is 9.78 Å². The molecule has 3 aromatic rings. The highest BCUT2D eigenvalue weighted by molar-refractivity contribution is 5.68. The molecule has 0 radical (unpaired) electrons. The van der Waals surface area contributed by atoms with Gasteiger partial charge in [-0.1, -0.05) is 42.5 Å². The van der Waals surface area contributed by atoms with E-state index >= 15 is 0 Å². The molecule has 2 heterocycles. The first-order valence-corrected chi connectivity index (χ1v) is 10.4. The number of ether oxygens (including phenoxy) is 1. The number of imidazole rings is 1. The summed E-state index contributed by atoms with van der Waals surface area (Å²) in [6, 6.07) is 19.5. The standard InChI is InChI=1S/C24H25N5O2/c1-19-26-16-23(29(19)17-21-9-7-20(15-25)8-10-21)27-11-13-28(14-12-27)24(30)31-18-22-5-3-2-4-6-22/h2-10,16H,11-14,17-18H2,1H3. The van der Waals surface area contributed by atoms with Gasteiger partial charge in [0.05, 0.1) is 24.4 Å². The fourth-order valence-corrected chi connectivity index (χ4v) is 3.70. The van der Waals surface area contributed by atoms with Gasteiger partial charge in [-0.3, -0.25) is 0 Å². The third kappa shape index (κ3) is 4.86. The number of amides is 1. The predicted molar refractivity (Wildman–Crippen MR) is 118 cm³/mol. The van der Waals surface area contributed by atoms with Crippen molar-refractivity contribution in [2.45, 2.75) is 20.1 Å². The molecule has 1 saturated heterocycles. The molecule has 0 spiro atoms. The first-order chi connectivity index (χ1) is 15.1. The summed E-state index contributed by atoms with van der Waals surface area (Å²) < 4.78 is 7.63. The number of carbonyl (C=O) groups excluding carboxylic acids is 1.